The molecule has 0 unspecified atom stereocenters. The van der Waals surface area contributed by atoms with E-state index in [1.165, 1.54) is 33.5 Å². The Hall–Kier alpha value is -4.80. The second-order valence-corrected chi connectivity index (χ2v) is 7.85. The minimum atomic E-state index is -0.495. The van der Waals surface area contributed by atoms with E-state index in [1.807, 2.05) is 0 Å². The number of carbonyl (C=O) groups is 2. The van der Waals surface area contributed by atoms with Crippen LogP contribution >= 0.6 is 0 Å². The van der Waals surface area contributed by atoms with E-state index in [2.05, 4.69) is 20.7 Å². The van der Waals surface area contributed by atoms with Crippen LogP contribution in [0.25, 0.3) is 16.7 Å². The molecule has 0 bridgehead atoms. The highest BCUT2D eigenvalue weighted by atomic mass is 19.1. The Morgan fingerprint density at radius 1 is 1.00 bits per heavy atom. The first-order valence-corrected chi connectivity index (χ1v) is 10.6. The Labute approximate surface area is 197 Å². The van der Waals surface area contributed by atoms with Gasteiger partial charge in [-0.3, -0.25) is 14.2 Å². The van der Waals surface area contributed by atoms with Crippen LogP contribution in [0.3, 0.4) is 0 Å². The summed E-state index contributed by atoms with van der Waals surface area (Å²) < 4.78 is 21.2. The Balaban J connectivity index is 1.34. The molecule has 0 spiro atoms. The number of amides is 2. The van der Waals surface area contributed by atoms with Gasteiger partial charge < -0.3 is 15.1 Å². The van der Waals surface area contributed by atoms with Crippen LogP contribution in [0, 0.1) is 5.82 Å². The van der Waals surface area contributed by atoms with Gasteiger partial charge in [0.1, 0.15) is 17.2 Å². The van der Waals surface area contributed by atoms with E-state index in [1.54, 1.807) is 43.4 Å². The molecule has 3 aromatic heterocycles. The van der Waals surface area contributed by atoms with Gasteiger partial charge in [-0.1, -0.05) is 18.2 Å². The molecule has 0 saturated heterocycles. The Bertz CT molecular complexity index is 1650. The molecular weight excluding hydrogens is 455 g/mol. The molecule has 11 heteroatoms. The second kappa shape index (κ2) is 8.86. The number of benzene rings is 2. The van der Waals surface area contributed by atoms with E-state index in [-0.39, 0.29) is 24.5 Å². The third-order valence-electron chi connectivity index (χ3n) is 5.48. The summed E-state index contributed by atoms with van der Waals surface area (Å²) in [5.41, 5.74) is 2.87. The van der Waals surface area contributed by atoms with E-state index in [0.717, 1.165) is 5.56 Å². The lowest BCUT2D eigenvalue weighted by Gasteiger charge is -2.10. The highest BCUT2D eigenvalue weighted by Crippen LogP contribution is 2.15. The third kappa shape index (κ3) is 4.38. The molecule has 0 aliphatic heterocycles. The molecule has 35 heavy (non-hydrogen) atoms. The maximum absolute atomic E-state index is 13.4. The summed E-state index contributed by atoms with van der Waals surface area (Å²) in [5.74, 6) is -1.86. The number of nitrogens with zero attached hydrogens (tertiary/aromatic N) is 4. The topological polar surface area (TPSA) is 124 Å². The fourth-order valence-corrected chi connectivity index (χ4v) is 3.67. The van der Waals surface area contributed by atoms with Crippen LogP contribution in [-0.2, 0) is 20.1 Å². The summed E-state index contributed by atoms with van der Waals surface area (Å²) in [7, 11) is 1.60. The molecular formula is C24H19FN6O4. The summed E-state index contributed by atoms with van der Waals surface area (Å²) in [5, 5.41) is 9.59. The van der Waals surface area contributed by atoms with E-state index >= 15 is 0 Å². The van der Waals surface area contributed by atoms with Crippen LogP contribution < -0.4 is 16.4 Å². The number of rotatable bonds is 6. The molecule has 10 nitrogen and oxygen atoms in total. The van der Waals surface area contributed by atoms with Gasteiger partial charge in [-0.05, 0) is 35.4 Å². The second-order valence-electron chi connectivity index (χ2n) is 7.85. The summed E-state index contributed by atoms with van der Waals surface area (Å²) >= 11 is 0. The number of fused-ring (bicyclic) bond motifs is 2. The van der Waals surface area contributed by atoms with Gasteiger partial charge in [0.15, 0.2) is 11.2 Å². The van der Waals surface area contributed by atoms with Gasteiger partial charge in [-0.15, -0.1) is 0 Å². The molecule has 176 valence electrons. The van der Waals surface area contributed by atoms with E-state index in [4.69, 9.17) is 4.42 Å². The zero-order chi connectivity index (χ0) is 24.5. The SMILES string of the molecule is Cn1c(=O)oc2ccc(CNC(=O)c3cc(C(=O)NCc4cccc(F)c4)n4nccc4n3)cc21. The zero-order valence-electron chi connectivity index (χ0n) is 18.5. The van der Waals surface area contributed by atoms with Crippen molar-refractivity contribution in [2.75, 3.05) is 0 Å². The van der Waals surface area contributed by atoms with Gasteiger partial charge in [0.25, 0.3) is 11.8 Å². The van der Waals surface area contributed by atoms with Gasteiger partial charge in [-0.25, -0.2) is 18.7 Å². The van der Waals surface area contributed by atoms with Gasteiger partial charge in [0, 0.05) is 32.3 Å². The predicted octanol–water partition coefficient (Wildman–Crippen LogP) is 2.17. The lowest BCUT2D eigenvalue weighted by molar-refractivity contribution is 0.0942. The fraction of sp³-hybridized carbons (Fsp3) is 0.125. The van der Waals surface area contributed by atoms with Crippen LogP contribution in [0.2, 0.25) is 0 Å². The normalized spacial score (nSPS) is 11.1. The monoisotopic (exact) mass is 474 g/mol. The first-order valence-electron chi connectivity index (χ1n) is 10.6. The third-order valence-corrected chi connectivity index (χ3v) is 5.48. The number of nitrogens with one attached hydrogen (secondary N) is 2. The number of hydrogen-bond donors (Lipinski definition) is 2. The van der Waals surface area contributed by atoms with Gasteiger partial charge in [-0.2, -0.15) is 5.10 Å². The smallest absolute Gasteiger partial charge is 0.408 e. The molecule has 0 saturated carbocycles. The molecule has 2 aromatic carbocycles. The highest BCUT2D eigenvalue weighted by Gasteiger charge is 2.18. The van der Waals surface area contributed by atoms with Crippen molar-refractivity contribution in [2.24, 2.45) is 7.05 Å². The molecule has 3 heterocycles. The summed E-state index contributed by atoms with van der Waals surface area (Å²) in [4.78, 5) is 41.7. The maximum Gasteiger partial charge on any atom is 0.419 e. The number of aryl methyl sites for hydroxylation is 1. The average Bonchev–Trinajstić information content (AvgIpc) is 3.44. The summed E-state index contributed by atoms with van der Waals surface area (Å²) in [6, 6.07) is 14.0. The van der Waals surface area contributed by atoms with Crippen LogP contribution in [0.1, 0.15) is 32.1 Å². The maximum atomic E-state index is 13.4. The van der Waals surface area contributed by atoms with Crippen molar-refractivity contribution in [3.63, 3.8) is 0 Å². The van der Waals surface area contributed by atoms with Crippen LogP contribution in [0.15, 0.2) is 70.0 Å². The van der Waals surface area contributed by atoms with E-state index < -0.39 is 23.4 Å². The van der Waals surface area contributed by atoms with Crippen LogP contribution in [0.4, 0.5) is 4.39 Å². The number of oxazole rings is 1. The molecule has 0 atom stereocenters. The molecule has 5 aromatic rings. The predicted molar refractivity (Wildman–Crippen MR) is 123 cm³/mol. The van der Waals surface area contributed by atoms with Crippen LogP contribution in [-0.4, -0.2) is 31.0 Å². The van der Waals surface area contributed by atoms with E-state index in [9.17, 15) is 18.8 Å². The molecule has 2 N–H and O–H groups in total. The van der Waals surface area contributed by atoms with Gasteiger partial charge in [0.2, 0.25) is 0 Å². The quantitative estimate of drug-likeness (QED) is 0.389. The number of carbonyl (C=O) groups excluding carboxylic acids is 2. The van der Waals surface area contributed by atoms with Gasteiger partial charge >= 0.3 is 5.76 Å². The highest BCUT2D eigenvalue weighted by molar-refractivity contribution is 5.98. The summed E-state index contributed by atoms with van der Waals surface area (Å²) in [6.45, 7) is 0.267. The average molecular weight is 474 g/mol. The van der Waals surface area contributed by atoms with E-state index in [0.29, 0.717) is 22.3 Å². The molecule has 0 aliphatic carbocycles. The molecule has 0 aliphatic rings. The van der Waals surface area contributed by atoms with Crippen molar-refractivity contribution < 1.29 is 18.4 Å². The first kappa shape index (κ1) is 22.0. The number of aromatic nitrogens is 4. The summed E-state index contributed by atoms with van der Waals surface area (Å²) in [6.07, 6.45) is 1.47. The van der Waals surface area contributed by atoms with Crippen molar-refractivity contribution in [1.29, 1.82) is 0 Å². The van der Waals surface area contributed by atoms with Crippen molar-refractivity contribution >= 4 is 28.6 Å². The minimum Gasteiger partial charge on any atom is -0.408 e. The molecule has 0 fully saturated rings. The molecule has 2 amide bonds. The minimum absolute atomic E-state index is 0.0331. The fourth-order valence-electron chi connectivity index (χ4n) is 3.67. The number of halogens is 1. The van der Waals surface area contributed by atoms with Crippen molar-refractivity contribution in [3.05, 3.63) is 99.7 Å². The Morgan fingerprint density at radius 2 is 1.77 bits per heavy atom. The number of hydrogen-bond acceptors (Lipinski definition) is 6. The van der Waals surface area contributed by atoms with Crippen molar-refractivity contribution in [3.8, 4) is 0 Å². The first-order chi connectivity index (χ1) is 16.9. The zero-order valence-corrected chi connectivity index (χ0v) is 18.5. The largest absolute Gasteiger partial charge is 0.419 e. The lowest BCUT2D eigenvalue weighted by Crippen LogP contribution is -2.28. The Kier molecular flexibility index (Phi) is 5.57. The van der Waals surface area contributed by atoms with Crippen LogP contribution in [0.5, 0.6) is 0 Å². The van der Waals surface area contributed by atoms with Crippen molar-refractivity contribution in [1.82, 2.24) is 29.8 Å². The molecule has 0 radical (unpaired) electrons. The Morgan fingerprint density at radius 3 is 2.57 bits per heavy atom. The lowest BCUT2D eigenvalue weighted by atomic mass is 10.2. The standard InChI is InChI=1S/C24H19FN6O4/c1-30-18-10-15(5-6-20(18)35-24(30)34)13-26-22(32)17-11-19(31-21(29-17)7-8-28-31)23(33)27-12-14-3-2-4-16(25)9-14/h2-11H,12-13H2,1H3,(H,26,32)(H,27,33). The molecule has 5 rings (SSSR count). The van der Waals surface area contributed by atoms with Crippen molar-refractivity contribution in [2.45, 2.75) is 13.1 Å². The van der Waals surface area contributed by atoms with Gasteiger partial charge in [0.05, 0.1) is 11.7 Å².